The molecule has 0 saturated heterocycles. The molecular weight excluding hydrogens is 393 g/mol. The molecule has 3 rings (SSSR count). The highest BCUT2D eigenvalue weighted by atomic mass is 19.4. The van der Waals surface area contributed by atoms with Gasteiger partial charge in [-0.25, -0.2) is 4.79 Å². The molecule has 0 radical (unpaired) electrons. The Morgan fingerprint density at radius 3 is 2.10 bits per heavy atom. The van der Waals surface area contributed by atoms with Crippen LogP contribution in [-0.4, -0.2) is 16.3 Å². The van der Waals surface area contributed by atoms with Crippen LogP contribution in [0.15, 0.2) is 54.7 Å². The van der Waals surface area contributed by atoms with E-state index in [0.29, 0.717) is 17.0 Å². The minimum atomic E-state index is -4.72. The van der Waals surface area contributed by atoms with Gasteiger partial charge in [0.15, 0.2) is 0 Å². The molecule has 0 bridgehead atoms. The van der Waals surface area contributed by atoms with Crippen molar-refractivity contribution in [2.24, 2.45) is 0 Å². The molecule has 0 fully saturated rings. The highest BCUT2D eigenvalue weighted by Gasteiger charge is 2.37. The zero-order chi connectivity index (χ0) is 21.6. The third-order valence-electron chi connectivity index (χ3n) is 4.20. The van der Waals surface area contributed by atoms with Gasteiger partial charge in [0.1, 0.15) is 5.60 Å². The van der Waals surface area contributed by atoms with Gasteiger partial charge in [0, 0.05) is 22.7 Å². The van der Waals surface area contributed by atoms with Crippen LogP contribution in [0.4, 0.5) is 26.7 Å². The fraction of sp³-hybridized carbons (Fsp3) is 0.286. The molecule has 0 aliphatic rings. The second-order valence-electron chi connectivity index (χ2n) is 7.59. The van der Waals surface area contributed by atoms with Crippen LogP contribution in [-0.2, 0) is 16.8 Å². The van der Waals surface area contributed by atoms with Gasteiger partial charge in [-0.15, -0.1) is 0 Å². The first-order valence-electron chi connectivity index (χ1n) is 8.69. The quantitative estimate of drug-likeness (QED) is 0.446. The number of halogens is 5. The molecular formula is C21H18F5NO2. The summed E-state index contributed by atoms with van der Waals surface area (Å²) in [4.78, 5) is 12.3. The third kappa shape index (κ3) is 4.26. The second kappa shape index (κ2) is 6.86. The van der Waals surface area contributed by atoms with Crippen LogP contribution in [0.5, 0.6) is 0 Å². The number of benzene rings is 2. The Bertz CT molecular complexity index is 1060. The predicted molar refractivity (Wildman–Crippen MR) is 98.0 cm³/mol. The summed E-state index contributed by atoms with van der Waals surface area (Å²) in [6.45, 7) is 5.10. The monoisotopic (exact) mass is 411 g/mol. The zero-order valence-electron chi connectivity index (χ0n) is 15.8. The number of hydrogen-bond donors (Lipinski definition) is 0. The molecule has 0 spiro atoms. The molecule has 0 aliphatic carbocycles. The van der Waals surface area contributed by atoms with Crippen molar-refractivity contribution in [3.05, 3.63) is 71.4 Å². The van der Waals surface area contributed by atoms with Crippen molar-refractivity contribution in [3.63, 3.8) is 0 Å². The molecule has 3 nitrogen and oxygen atoms in total. The third-order valence-corrected chi connectivity index (χ3v) is 4.20. The van der Waals surface area contributed by atoms with Gasteiger partial charge in [-0.2, -0.15) is 22.0 Å². The number of hydrogen-bond acceptors (Lipinski definition) is 2. The average Bonchev–Trinajstić information content (AvgIpc) is 3.03. The van der Waals surface area contributed by atoms with Crippen LogP contribution in [0.25, 0.3) is 10.9 Å². The second-order valence-corrected chi connectivity index (χ2v) is 7.59. The van der Waals surface area contributed by atoms with Crippen LogP contribution in [0, 0.1) is 0 Å². The Morgan fingerprint density at radius 1 is 0.862 bits per heavy atom. The highest BCUT2D eigenvalue weighted by molar-refractivity contribution is 5.90. The SMILES string of the molecule is CC(C)(C)OC(=O)n1ccc2cc(C(F)(F)c3cccc(C(F)(F)F)c3)ccc21. The summed E-state index contributed by atoms with van der Waals surface area (Å²) in [5, 5.41) is 0.333. The molecule has 0 aliphatic heterocycles. The van der Waals surface area contributed by atoms with Gasteiger partial charge in [-0.3, -0.25) is 4.57 Å². The van der Waals surface area contributed by atoms with Gasteiger partial charge in [0.05, 0.1) is 11.1 Å². The van der Waals surface area contributed by atoms with Crippen LogP contribution in [0.3, 0.4) is 0 Å². The lowest BCUT2D eigenvalue weighted by Crippen LogP contribution is -2.26. The van der Waals surface area contributed by atoms with Gasteiger partial charge >= 0.3 is 12.3 Å². The van der Waals surface area contributed by atoms with E-state index in [9.17, 15) is 26.7 Å². The van der Waals surface area contributed by atoms with E-state index in [4.69, 9.17) is 4.74 Å². The van der Waals surface area contributed by atoms with Crippen LogP contribution in [0.2, 0.25) is 0 Å². The Labute approximate surface area is 163 Å². The zero-order valence-corrected chi connectivity index (χ0v) is 15.8. The maximum atomic E-state index is 14.9. The topological polar surface area (TPSA) is 31.2 Å². The summed E-state index contributed by atoms with van der Waals surface area (Å²) in [5.74, 6) is -3.65. The van der Waals surface area contributed by atoms with Crippen molar-refractivity contribution in [2.75, 3.05) is 0 Å². The van der Waals surface area contributed by atoms with E-state index in [1.54, 1.807) is 20.8 Å². The van der Waals surface area contributed by atoms with E-state index in [2.05, 4.69) is 0 Å². The Kier molecular flexibility index (Phi) is 4.93. The highest BCUT2D eigenvalue weighted by Crippen LogP contribution is 2.39. The van der Waals surface area contributed by atoms with Crippen molar-refractivity contribution in [2.45, 2.75) is 38.5 Å². The number of carbonyl (C=O) groups is 1. The van der Waals surface area contributed by atoms with Gasteiger partial charge < -0.3 is 4.74 Å². The first-order valence-corrected chi connectivity index (χ1v) is 8.69. The van der Waals surface area contributed by atoms with Gasteiger partial charge in [0.25, 0.3) is 5.92 Å². The summed E-state index contributed by atoms with van der Waals surface area (Å²) >= 11 is 0. The molecule has 1 aromatic heterocycles. The molecule has 2 aromatic carbocycles. The standard InChI is InChI=1S/C21H18F5NO2/c1-19(2,3)29-18(28)27-10-9-13-11-15(7-8-17(13)27)20(22,23)14-5-4-6-16(12-14)21(24,25)26/h4-12H,1-3H3. The van der Waals surface area contributed by atoms with Gasteiger partial charge in [-0.1, -0.05) is 18.2 Å². The number of alkyl halides is 5. The van der Waals surface area contributed by atoms with Crippen LogP contribution in [0.1, 0.15) is 37.5 Å². The van der Waals surface area contributed by atoms with E-state index in [1.165, 1.54) is 22.9 Å². The van der Waals surface area contributed by atoms with Crippen LogP contribution < -0.4 is 0 Å². The van der Waals surface area contributed by atoms with E-state index >= 15 is 0 Å². The first kappa shape index (κ1) is 20.8. The summed E-state index contributed by atoms with van der Waals surface area (Å²) in [7, 11) is 0. The molecule has 0 N–H and O–H groups in total. The number of ether oxygens (including phenoxy) is 1. The maximum absolute atomic E-state index is 14.9. The first-order chi connectivity index (χ1) is 13.3. The van der Waals surface area contributed by atoms with Crippen molar-refractivity contribution in [1.29, 1.82) is 0 Å². The van der Waals surface area contributed by atoms with E-state index in [1.807, 2.05) is 0 Å². The van der Waals surface area contributed by atoms with E-state index in [0.717, 1.165) is 30.3 Å². The summed E-state index contributed by atoms with van der Waals surface area (Å²) < 4.78 is 74.9. The number of aromatic nitrogens is 1. The largest absolute Gasteiger partial charge is 0.443 e. The normalized spacial score (nSPS) is 13.0. The van der Waals surface area contributed by atoms with Crippen molar-refractivity contribution >= 4 is 17.0 Å². The minimum Gasteiger partial charge on any atom is -0.443 e. The summed E-state index contributed by atoms with van der Waals surface area (Å²) in [5.41, 5.74) is -2.77. The smallest absolute Gasteiger partial charge is 0.418 e. The number of carbonyl (C=O) groups excluding carboxylic acids is 1. The number of nitrogens with zero attached hydrogens (tertiary/aromatic N) is 1. The lowest BCUT2D eigenvalue weighted by Gasteiger charge is -2.20. The molecule has 0 unspecified atom stereocenters. The fourth-order valence-electron chi connectivity index (χ4n) is 2.87. The van der Waals surface area contributed by atoms with E-state index < -0.39 is 40.5 Å². The maximum Gasteiger partial charge on any atom is 0.418 e. The summed E-state index contributed by atoms with van der Waals surface area (Å²) in [6.07, 6.45) is -3.99. The predicted octanol–water partition coefficient (Wildman–Crippen LogP) is 6.58. The van der Waals surface area contributed by atoms with Crippen molar-refractivity contribution < 1.29 is 31.5 Å². The fourth-order valence-corrected chi connectivity index (χ4v) is 2.87. The molecule has 8 heteroatoms. The Morgan fingerprint density at radius 2 is 1.48 bits per heavy atom. The van der Waals surface area contributed by atoms with Crippen LogP contribution >= 0.6 is 0 Å². The molecule has 0 atom stereocenters. The average molecular weight is 411 g/mol. The molecule has 29 heavy (non-hydrogen) atoms. The number of fused-ring (bicyclic) bond motifs is 1. The molecule has 0 saturated carbocycles. The lowest BCUT2D eigenvalue weighted by molar-refractivity contribution is -0.137. The lowest BCUT2D eigenvalue weighted by atomic mass is 9.97. The van der Waals surface area contributed by atoms with Crippen molar-refractivity contribution in [1.82, 2.24) is 4.57 Å². The molecule has 0 amide bonds. The number of rotatable bonds is 2. The molecule has 1 heterocycles. The molecule has 3 aromatic rings. The van der Waals surface area contributed by atoms with Gasteiger partial charge in [-0.05, 0) is 51.1 Å². The van der Waals surface area contributed by atoms with Crippen molar-refractivity contribution in [3.8, 4) is 0 Å². The minimum absolute atomic E-state index is 0.333. The molecule has 154 valence electrons. The Balaban J connectivity index is 1.99. The van der Waals surface area contributed by atoms with Gasteiger partial charge in [0.2, 0.25) is 0 Å². The summed E-state index contributed by atoms with van der Waals surface area (Å²) in [6, 6.07) is 8.09. The van der Waals surface area contributed by atoms with E-state index in [-0.39, 0.29) is 0 Å². The Hall–Kier alpha value is -2.90.